The molecule has 3 aliphatic rings. The van der Waals surface area contributed by atoms with Crippen LogP contribution in [0.15, 0.2) is 72.8 Å². The maximum atomic E-state index is 13.9. The van der Waals surface area contributed by atoms with Crippen molar-refractivity contribution in [2.75, 3.05) is 4.90 Å². The summed E-state index contributed by atoms with van der Waals surface area (Å²) in [5, 5.41) is 0. The SMILES string of the molecule is CC(C)c1ccc([C@@H]2OC3(C(=O)c4ccccc4C3=O)[C@@H]3C(=O)N(c4cccc(C(F)(F)F)c4)C(=O)[C@@H]32)cc1. The van der Waals surface area contributed by atoms with Gasteiger partial charge in [0.1, 0.15) is 0 Å². The number of amides is 2. The van der Waals surface area contributed by atoms with E-state index < -0.39 is 58.7 Å². The summed E-state index contributed by atoms with van der Waals surface area (Å²) in [6.45, 7) is 4.01. The molecule has 0 unspecified atom stereocenters. The number of fused-ring (bicyclic) bond motifs is 3. The van der Waals surface area contributed by atoms with Crippen LogP contribution in [0.1, 0.15) is 63.3 Å². The Morgan fingerprint density at radius 2 is 1.44 bits per heavy atom. The topological polar surface area (TPSA) is 80.8 Å². The summed E-state index contributed by atoms with van der Waals surface area (Å²) in [5.74, 6) is -5.85. The number of carbonyl (C=O) groups excluding carboxylic acids is 4. The fraction of sp³-hybridized carbons (Fsp3) is 0.267. The molecule has 39 heavy (non-hydrogen) atoms. The number of carbonyl (C=O) groups is 4. The van der Waals surface area contributed by atoms with Crippen LogP contribution in [0.3, 0.4) is 0 Å². The van der Waals surface area contributed by atoms with Gasteiger partial charge in [-0.25, -0.2) is 4.90 Å². The number of halogens is 3. The Bertz CT molecular complexity index is 1520. The molecule has 0 radical (unpaired) electrons. The second-order valence-electron chi connectivity index (χ2n) is 10.4. The normalized spacial score (nSPS) is 23.7. The number of Topliss-reactive ketones (excluding diaryl/α,β-unsaturated/α-hetero) is 2. The van der Waals surface area contributed by atoms with Crippen LogP contribution in [-0.4, -0.2) is 29.0 Å². The molecule has 3 atom stereocenters. The minimum atomic E-state index is -4.71. The molecule has 3 aromatic rings. The Morgan fingerprint density at radius 1 is 0.821 bits per heavy atom. The highest BCUT2D eigenvalue weighted by Gasteiger charge is 2.74. The molecule has 0 saturated carbocycles. The fourth-order valence-corrected chi connectivity index (χ4v) is 5.96. The van der Waals surface area contributed by atoms with E-state index in [2.05, 4.69) is 0 Å². The molecule has 2 aliphatic heterocycles. The Labute approximate surface area is 221 Å². The van der Waals surface area contributed by atoms with Gasteiger partial charge in [0.15, 0.2) is 0 Å². The number of rotatable bonds is 3. The molecule has 0 bridgehead atoms. The molecule has 2 amide bonds. The predicted octanol–water partition coefficient (Wildman–Crippen LogP) is 5.52. The van der Waals surface area contributed by atoms with Gasteiger partial charge < -0.3 is 4.74 Å². The van der Waals surface area contributed by atoms with E-state index in [9.17, 15) is 32.3 Å². The number of benzene rings is 3. The van der Waals surface area contributed by atoms with Gasteiger partial charge in [0.2, 0.25) is 29.0 Å². The third-order valence-corrected chi connectivity index (χ3v) is 7.88. The zero-order valence-corrected chi connectivity index (χ0v) is 20.9. The van der Waals surface area contributed by atoms with Crippen LogP contribution in [0, 0.1) is 11.8 Å². The molecule has 6 rings (SSSR count). The molecule has 0 aromatic heterocycles. The van der Waals surface area contributed by atoms with Gasteiger partial charge >= 0.3 is 6.18 Å². The van der Waals surface area contributed by atoms with E-state index in [1.54, 1.807) is 24.3 Å². The van der Waals surface area contributed by atoms with Gasteiger partial charge in [-0.1, -0.05) is 68.4 Å². The lowest BCUT2D eigenvalue weighted by Crippen LogP contribution is -2.51. The minimum absolute atomic E-state index is 0.0785. The lowest BCUT2D eigenvalue weighted by molar-refractivity contribution is -0.137. The highest BCUT2D eigenvalue weighted by molar-refractivity contribution is 6.37. The predicted molar refractivity (Wildman–Crippen MR) is 133 cm³/mol. The summed E-state index contributed by atoms with van der Waals surface area (Å²) >= 11 is 0. The largest absolute Gasteiger partial charge is 0.416 e. The highest BCUT2D eigenvalue weighted by atomic mass is 19.4. The molecule has 0 N–H and O–H groups in total. The zero-order chi connectivity index (χ0) is 27.9. The molecule has 198 valence electrons. The summed E-state index contributed by atoms with van der Waals surface area (Å²) < 4.78 is 46.6. The molecule has 2 heterocycles. The van der Waals surface area contributed by atoms with Crippen molar-refractivity contribution in [1.29, 1.82) is 0 Å². The van der Waals surface area contributed by atoms with E-state index in [-0.39, 0.29) is 22.7 Å². The van der Waals surface area contributed by atoms with Crippen LogP contribution in [0.4, 0.5) is 18.9 Å². The Balaban J connectivity index is 1.51. The van der Waals surface area contributed by atoms with Crippen LogP contribution < -0.4 is 4.90 Å². The van der Waals surface area contributed by atoms with Gasteiger partial charge in [-0.3, -0.25) is 19.2 Å². The molecule has 6 nitrogen and oxygen atoms in total. The number of ketones is 2. The molecule has 9 heteroatoms. The van der Waals surface area contributed by atoms with E-state index in [1.165, 1.54) is 18.2 Å². The molecule has 2 saturated heterocycles. The van der Waals surface area contributed by atoms with Crippen molar-refractivity contribution in [1.82, 2.24) is 0 Å². The first kappa shape index (κ1) is 25.2. The summed E-state index contributed by atoms with van der Waals surface area (Å²) in [4.78, 5) is 56.0. The molecule has 2 fully saturated rings. The average Bonchev–Trinajstić information content (AvgIpc) is 3.48. The summed E-state index contributed by atoms with van der Waals surface area (Å²) in [5.41, 5.74) is -1.97. The second kappa shape index (κ2) is 8.44. The van der Waals surface area contributed by atoms with Gasteiger partial charge in [-0.2, -0.15) is 13.2 Å². The number of imide groups is 1. The van der Waals surface area contributed by atoms with E-state index in [0.29, 0.717) is 16.5 Å². The van der Waals surface area contributed by atoms with Crippen LogP contribution in [0.2, 0.25) is 0 Å². The third-order valence-electron chi connectivity index (χ3n) is 7.88. The fourth-order valence-electron chi connectivity index (χ4n) is 5.96. The highest BCUT2D eigenvalue weighted by Crippen LogP contribution is 2.57. The number of hydrogen-bond donors (Lipinski definition) is 0. The quantitative estimate of drug-likeness (QED) is 0.327. The standard InChI is InChI=1S/C30H22F3NO5/c1-15(2)16-10-12-17(13-11-16)24-22-23(29(39-24)25(35)20-8-3-4-9-21(20)26(29)36)28(38)34(27(22)37)19-7-5-6-18(14-19)30(31,32)33/h3-15,22-24H,1-2H3/t22-,23-,24-/m0/s1. The second-order valence-corrected chi connectivity index (χ2v) is 10.4. The van der Waals surface area contributed by atoms with E-state index >= 15 is 0 Å². The van der Waals surface area contributed by atoms with E-state index in [4.69, 9.17) is 4.74 Å². The number of ether oxygens (including phenoxy) is 1. The van der Waals surface area contributed by atoms with E-state index in [1.807, 2.05) is 26.0 Å². The van der Waals surface area contributed by atoms with Gasteiger partial charge in [0.25, 0.3) is 0 Å². The van der Waals surface area contributed by atoms with Crippen molar-refractivity contribution >= 4 is 29.1 Å². The molecule has 3 aromatic carbocycles. The van der Waals surface area contributed by atoms with Crippen molar-refractivity contribution in [3.05, 3.63) is 101 Å². The first-order chi connectivity index (χ1) is 18.5. The molecular formula is C30H22F3NO5. The van der Waals surface area contributed by atoms with Gasteiger partial charge in [-0.05, 0) is 35.2 Å². The van der Waals surface area contributed by atoms with Crippen molar-refractivity contribution in [2.24, 2.45) is 11.8 Å². The molecule has 1 aliphatic carbocycles. The van der Waals surface area contributed by atoms with Gasteiger partial charge in [-0.15, -0.1) is 0 Å². The van der Waals surface area contributed by atoms with Gasteiger partial charge in [0.05, 0.1) is 29.2 Å². The number of nitrogens with zero attached hydrogens (tertiary/aromatic N) is 1. The molecular weight excluding hydrogens is 511 g/mol. The summed E-state index contributed by atoms with van der Waals surface area (Å²) in [6, 6.07) is 17.0. The van der Waals surface area contributed by atoms with E-state index in [0.717, 1.165) is 17.7 Å². The van der Waals surface area contributed by atoms with Crippen LogP contribution >= 0.6 is 0 Å². The maximum Gasteiger partial charge on any atom is 0.416 e. The van der Waals surface area contributed by atoms with Crippen molar-refractivity contribution < 1.29 is 37.1 Å². The minimum Gasteiger partial charge on any atom is -0.349 e. The summed E-state index contributed by atoms with van der Waals surface area (Å²) in [7, 11) is 0. The summed E-state index contributed by atoms with van der Waals surface area (Å²) in [6.07, 6.45) is -5.85. The van der Waals surface area contributed by atoms with Crippen molar-refractivity contribution in [3.63, 3.8) is 0 Å². The first-order valence-electron chi connectivity index (χ1n) is 12.5. The number of hydrogen-bond acceptors (Lipinski definition) is 5. The van der Waals surface area contributed by atoms with Gasteiger partial charge in [0, 0.05) is 11.1 Å². The number of anilines is 1. The van der Waals surface area contributed by atoms with Crippen molar-refractivity contribution in [2.45, 2.75) is 37.6 Å². The monoisotopic (exact) mass is 533 g/mol. The third kappa shape index (κ3) is 3.45. The number of alkyl halides is 3. The lowest BCUT2D eigenvalue weighted by Gasteiger charge is -2.27. The smallest absolute Gasteiger partial charge is 0.349 e. The van der Waals surface area contributed by atoms with Crippen LogP contribution in [-0.2, 0) is 20.5 Å². The Hall–Kier alpha value is -4.11. The van der Waals surface area contributed by atoms with Crippen LogP contribution in [0.25, 0.3) is 0 Å². The Kier molecular flexibility index (Phi) is 5.45. The lowest BCUT2D eigenvalue weighted by atomic mass is 9.77. The average molecular weight is 534 g/mol. The molecule has 1 spiro atoms. The maximum absolute atomic E-state index is 13.9. The zero-order valence-electron chi connectivity index (χ0n) is 20.9. The van der Waals surface area contributed by atoms with Crippen LogP contribution in [0.5, 0.6) is 0 Å². The van der Waals surface area contributed by atoms with Crippen molar-refractivity contribution in [3.8, 4) is 0 Å². The Morgan fingerprint density at radius 3 is 2.00 bits per heavy atom. The first-order valence-corrected chi connectivity index (χ1v) is 12.5.